The molecule has 0 saturated carbocycles. The Kier molecular flexibility index (Phi) is 9.64. The van der Waals surface area contributed by atoms with E-state index in [9.17, 15) is 4.39 Å². The van der Waals surface area contributed by atoms with E-state index in [0.717, 1.165) is 68.4 Å². The second kappa shape index (κ2) is 12.9. The Morgan fingerprint density at radius 2 is 1.97 bits per heavy atom. The van der Waals surface area contributed by atoms with Crippen molar-refractivity contribution in [1.82, 2.24) is 19.9 Å². The molecule has 2 aromatic heterocycles. The number of nitrogens with zero attached hydrogens (tertiary/aromatic N) is 3. The van der Waals surface area contributed by atoms with Gasteiger partial charge >= 0.3 is 0 Å². The third-order valence-corrected chi connectivity index (χ3v) is 8.88. The average molecular weight is 524 g/mol. The quantitative estimate of drug-likeness (QED) is 0.208. The van der Waals surface area contributed by atoms with Gasteiger partial charge in [0.1, 0.15) is 11.6 Å². The van der Waals surface area contributed by atoms with Crippen LogP contribution in [-0.2, 0) is 11.2 Å². The van der Waals surface area contributed by atoms with Crippen LogP contribution < -0.4 is 5.73 Å². The van der Waals surface area contributed by atoms with E-state index in [-0.39, 0.29) is 17.9 Å². The van der Waals surface area contributed by atoms with E-state index in [4.69, 9.17) is 20.4 Å². The van der Waals surface area contributed by atoms with Gasteiger partial charge in [-0.2, -0.15) is 0 Å². The lowest BCUT2D eigenvalue weighted by molar-refractivity contribution is 0.0299. The first kappa shape index (κ1) is 27.6. The van der Waals surface area contributed by atoms with E-state index < -0.39 is 8.07 Å². The molecule has 1 aliphatic rings. The van der Waals surface area contributed by atoms with Crippen LogP contribution >= 0.6 is 0 Å². The number of aromatic nitrogens is 3. The lowest BCUT2D eigenvalue weighted by Crippen LogP contribution is -2.39. The van der Waals surface area contributed by atoms with Crippen LogP contribution in [0.15, 0.2) is 48.8 Å². The van der Waals surface area contributed by atoms with Crippen molar-refractivity contribution in [3.05, 3.63) is 71.7 Å². The summed E-state index contributed by atoms with van der Waals surface area (Å²) < 4.78 is 19.9. The van der Waals surface area contributed by atoms with Crippen molar-refractivity contribution in [3.63, 3.8) is 0 Å². The number of H-pyrrole nitrogens is 1. The van der Waals surface area contributed by atoms with Gasteiger partial charge in [0, 0.05) is 20.9 Å². The van der Waals surface area contributed by atoms with Crippen molar-refractivity contribution in [3.8, 4) is 11.3 Å². The lowest BCUT2D eigenvalue weighted by Gasteiger charge is -2.39. The van der Waals surface area contributed by atoms with E-state index in [1.54, 1.807) is 12.1 Å². The van der Waals surface area contributed by atoms with Crippen molar-refractivity contribution < 1.29 is 9.13 Å². The number of fused-ring (bicyclic) bond motifs is 1. The third-order valence-electron chi connectivity index (χ3n) is 7.17. The third kappa shape index (κ3) is 7.57. The first-order valence-corrected chi connectivity index (χ1v) is 17.3. The number of halogens is 1. The molecule has 0 spiro atoms. The number of pyridine rings is 1. The number of imidazole rings is 1. The van der Waals surface area contributed by atoms with Crippen LogP contribution in [0.5, 0.6) is 0 Å². The standard InChI is InChI=1S/C29H42FN5OSi/c1-37(2,3)19-18-36-21-27(29-33-20-25(34-29)22-11-13-24(30)14-12-22)35(17-5-4-15-31)26-10-6-8-23-9-7-16-32-28(23)26/h7,9,11-14,16,20,26-27H,4-6,8,10,15,17-19,21,31H2,1-3H3,(H,33,34). The van der Waals surface area contributed by atoms with Crippen molar-refractivity contribution in [2.75, 3.05) is 26.3 Å². The Hall–Kier alpha value is -2.39. The number of nitrogens with two attached hydrogens (primary N) is 1. The van der Waals surface area contributed by atoms with Gasteiger partial charge in [-0.25, -0.2) is 9.37 Å². The monoisotopic (exact) mass is 523 g/mol. The summed E-state index contributed by atoms with van der Waals surface area (Å²) in [5, 5.41) is 0. The molecule has 1 aromatic carbocycles. The number of hydrogen-bond donors (Lipinski definition) is 2. The van der Waals surface area contributed by atoms with Crippen LogP contribution in [0.25, 0.3) is 11.3 Å². The highest BCUT2D eigenvalue weighted by Gasteiger charge is 2.34. The number of unbranched alkanes of at least 4 members (excludes halogenated alkanes) is 1. The van der Waals surface area contributed by atoms with Crippen molar-refractivity contribution in [1.29, 1.82) is 0 Å². The van der Waals surface area contributed by atoms with Crippen molar-refractivity contribution in [2.24, 2.45) is 5.73 Å². The molecule has 0 saturated heterocycles. The Morgan fingerprint density at radius 3 is 2.73 bits per heavy atom. The van der Waals surface area contributed by atoms with Gasteiger partial charge in [0.05, 0.1) is 36.3 Å². The summed E-state index contributed by atoms with van der Waals surface area (Å²) in [6.45, 7) is 10.0. The number of hydrogen-bond acceptors (Lipinski definition) is 5. The van der Waals surface area contributed by atoms with E-state index in [0.29, 0.717) is 13.2 Å². The van der Waals surface area contributed by atoms with Crippen molar-refractivity contribution in [2.45, 2.75) is 69.9 Å². The molecule has 2 atom stereocenters. The minimum Gasteiger partial charge on any atom is -0.380 e. The van der Waals surface area contributed by atoms with Gasteiger partial charge in [-0.1, -0.05) is 25.7 Å². The number of nitrogens with one attached hydrogen (secondary N) is 1. The predicted octanol–water partition coefficient (Wildman–Crippen LogP) is 6.13. The minimum absolute atomic E-state index is 0.0495. The zero-order chi connectivity index (χ0) is 26.3. The van der Waals surface area contributed by atoms with Crippen LogP contribution in [0.2, 0.25) is 25.7 Å². The predicted molar refractivity (Wildman–Crippen MR) is 151 cm³/mol. The van der Waals surface area contributed by atoms with E-state index >= 15 is 0 Å². The SMILES string of the molecule is C[Si](C)(C)CCOCC(c1ncc(-c2ccc(F)cc2)[nH]1)N(CCCCN)C1CCCc2cccnc21. The van der Waals surface area contributed by atoms with Crippen LogP contribution in [-0.4, -0.2) is 54.2 Å². The molecular formula is C29H42FN5OSi. The molecule has 0 fully saturated rings. The van der Waals surface area contributed by atoms with Gasteiger partial charge in [-0.15, -0.1) is 0 Å². The van der Waals surface area contributed by atoms with E-state index in [2.05, 4.69) is 35.6 Å². The largest absolute Gasteiger partial charge is 0.380 e. The zero-order valence-corrected chi connectivity index (χ0v) is 23.5. The molecule has 0 bridgehead atoms. The van der Waals surface area contributed by atoms with Gasteiger partial charge in [0.25, 0.3) is 0 Å². The van der Waals surface area contributed by atoms with Gasteiger partial charge in [-0.3, -0.25) is 9.88 Å². The van der Waals surface area contributed by atoms with Crippen LogP contribution in [0.4, 0.5) is 4.39 Å². The molecule has 0 aliphatic heterocycles. The maximum Gasteiger partial charge on any atom is 0.126 e. The molecule has 2 unspecified atom stereocenters. The summed E-state index contributed by atoms with van der Waals surface area (Å²) in [5.41, 5.74) is 10.2. The van der Waals surface area contributed by atoms with Crippen LogP contribution in [0.3, 0.4) is 0 Å². The molecule has 3 N–H and O–H groups in total. The molecule has 200 valence electrons. The summed E-state index contributed by atoms with van der Waals surface area (Å²) in [6, 6.07) is 12.1. The highest BCUT2D eigenvalue weighted by Crippen LogP contribution is 2.38. The number of ether oxygens (including phenoxy) is 1. The Bertz CT molecular complexity index is 1110. The molecule has 1 aliphatic carbocycles. The number of benzene rings is 1. The molecular weight excluding hydrogens is 481 g/mol. The maximum absolute atomic E-state index is 13.5. The molecule has 0 radical (unpaired) electrons. The fraction of sp³-hybridized carbons (Fsp3) is 0.517. The summed E-state index contributed by atoms with van der Waals surface area (Å²) >= 11 is 0. The summed E-state index contributed by atoms with van der Waals surface area (Å²) in [4.78, 5) is 15.8. The minimum atomic E-state index is -1.20. The van der Waals surface area contributed by atoms with E-state index in [1.165, 1.54) is 23.4 Å². The Labute approximate surface area is 221 Å². The zero-order valence-electron chi connectivity index (χ0n) is 22.5. The summed E-state index contributed by atoms with van der Waals surface area (Å²) in [5.74, 6) is 0.634. The highest BCUT2D eigenvalue weighted by atomic mass is 28.3. The lowest BCUT2D eigenvalue weighted by atomic mass is 9.89. The van der Waals surface area contributed by atoms with Gasteiger partial charge < -0.3 is 15.5 Å². The van der Waals surface area contributed by atoms with Gasteiger partial charge in [0.2, 0.25) is 0 Å². The molecule has 3 aromatic rings. The molecule has 37 heavy (non-hydrogen) atoms. The molecule has 2 heterocycles. The molecule has 4 rings (SSSR count). The molecule has 8 heteroatoms. The first-order valence-electron chi connectivity index (χ1n) is 13.6. The number of rotatable bonds is 13. The number of aromatic amines is 1. The van der Waals surface area contributed by atoms with Crippen LogP contribution in [0, 0.1) is 5.82 Å². The topological polar surface area (TPSA) is 80.1 Å². The smallest absolute Gasteiger partial charge is 0.126 e. The number of aryl methyl sites for hydroxylation is 1. The first-order chi connectivity index (χ1) is 17.9. The van der Waals surface area contributed by atoms with Gasteiger partial charge in [0.15, 0.2) is 0 Å². The Morgan fingerprint density at radius 1 is 1.16 bits per heavy atom. The maximum atomic E-state index is 13.5. The second-order valence-corrected chi connectivity index (χ2v) is 16.9. The van der Waals surface area contributed by atoms with Gasteiger partial charge in [-0.05, 0) is 92.7 Å². The second-order valence-electron chi connectivity index (χ2n) is 11.3. The van der Waals surface area contributed by atoms with E-state index in [1.807, 2.05) is 18.5 Å². The average Bonchev–Trinajstić information content (AvgIpc) is 3.37. The fourth-order valence-electron chi connectivity index (χ4n) is 5.06. The highest BCUT2D eigenvalue weighted by molar-refractivity contribution is 6.76. The normalized spacial score (nSPS) is 16.6. The summed E-state index contributed by atoms with van der Waals surface area (Å²) in [7, 11) is -1.20. The summed E-state index contributed by atoms with van der Waals surface area (Å²) in [6.07, 6.45) is 9.01. The van der Waals surface area contributed by atoms with Crippen molar-refractivity contribution >= 4 is 8.07 Å². The fourth-order valence-corrected chi connectivity index (χ4v) is 5.82. The Balaban J connectivity index is 1.66. The molecule has 6 nitrogen and oxygen atoms in total. The van der Waals surface area contributed by atoms with Crippen LogP contribution in [0.1, 0.15) is 54.8 Å². The molecule has 0 amide bonds.